The molecular weight excluding hydrogens is 150 g/mol. The van der Waals surface area contributed by atoms with Gasteiger partial charge in [-0.3, -0.25) is 0 Å². The van der Waals surface area contributed by atoms with Gasteiger partial charge in [-0.2, -0.15) is 0 Å². The van der Waals surface area contributed by atoms with Crippen LogP contribution in [0.25, 0.3) is 0 Å². The molecule has 0 amide bonds. The Hall–Kier alpha value is -0.0800. The molecule has 1 rings (SSSR count). The molecular formula is C10H21NO. The minimum Gasteiger partial charge on any atom is -0.380 e. The van der Waals surface area contributed by atoms with Gasteiger partial charge in [0.15, 0.2) is 0 Å². The minimum absolute atomic E-state index is 0.629. The molecule has 1 fully saturated rings. The molecule has 1 saturated heterocycles. The van der Waals surface area contributed by atoms with E-state index in [9.17, 15) is 0 Å². The standard InChI is InChI=1S/C10H21NO/c1-3-4-9(2)7-11-10-5-6-12-8-10/h9-11H,3-8H2,1-2H3. The summed E-state index contributed by atoms with van der Waals surface area (Å²) in [6.07, 6.45) is 3.82. The molecule has 2 nitrogen and oxygen atoms in total. The third-order valence-electron chi connectivity index (χ3n) is 2.47. The zero-order valence-electron chi connectivity index (χ0n) is 8.31. The summed E-state index contributed by atoms with van der Waals surface area (Å²) in [6, 6.07) is 0.629. The van der Waals surface area contributed by atoms with Crippen molar-refractivity contribution in [1.29, 1.82) is 0 Å². The van der Waals surface area contributed by atoms with Crippen molar-refractivity contribution in [2.45, 2.75) is 39.2 Å². The second-order valence-electron chi connectivity index (χ2n) is 3.86. The summed E-state index contributed by atoms with van der Waals surface area (Å²) in [7, 11) is 0. The Balaban J connectivity index is 1.99. The van der Waals surface area contributed by atoms with E-state index in [1.165, 1.54) is 19.3 Å². The first kappa shape index (κ1) is 10.0. The van der Waals surface area contributed by atoms with Crippen molar-refractivity contribution in [3.63, 3.8) is 0 Å². The highest BCUT2D eigenvalue weighted by Crippen LogP contribution is 2.07. The Labute approximate surface area is 75.7 Å². The van der Waals surface area contributed by atoms with Crippen LogP contribution in [-0.2, 0) is 4.74 Å². The lowest BCUT2D eigenvalue weighted by atomic mass is 10.1. The van der Waals surface area contributed by atoms with Gasteiger partial charge in [-0.05, 0) is 25.3 Å². The second kappa shape index (κ2) is 5.55. The molecule has 0 aliphatic carbocycles. The SMILES string of the molecule is CCCC(C)CNC1CCOC1. The summed E-state index contributed by atoms with van der Waals surface area (Å²) in [6.45, 7) is 7.57. The molecule has 0 aromatic rings. The van der Waals surface area contributed by atoms with Gasteiger partial charge < -0.3 is 10.1 Å². The third kappa shape index (κ3) is 3.55. The highest BCUT2D eigenvalue weighted by molar-refractivity contribution is 4.71. The van der Waals surface area contributed by atoms with Crippen molar-refractivity contribution in [1.82, 2.24) is 5.32 Å². The van der Waals surface area contributed by atoms with Crippen LogP contribution in [0.1, 0.15) is 33.1 Å². The van der Waals surface area contributed by atoms with Crippen molar-refractivity contribution in [3.8, 4) is 0 Å². The molecule has 0 radical (unpaired) electrons. The third-order valence-corrected chi connectivity index (χ3v) is 2.47. The van der Waals surface area contributed by atoms with Crippen LogP contribution in [0.3, 0.4) is 0 Å². The molecule has 0 aromatic heterocycles. The quantitative estimate of drug-likeness (QED) is 0.681. The molecule has 72 valence electrons. The Morgan fingerprint density at radius 3 is 3.00 bits per heavy atom. The van der Waals surface area contributed by atoms with Gasteiger partial charge in [0.2, 0.25) is 0 Å². The van der Waals surface area contributed by atoms with E-state index in [0.717, 1.165) is 25.7 Å². The highest BCUT2D eigenvalue weighted by atomic mass is 16.5. The topological polar surface area (TPSA) is 21.3 Å². The fraction of sp³-hybridized carbons (Fsp3) is 1.00. The first-order valence-electron chi connectivity index (χ1n) is 5.14. The first-order chi connectivity index (χ1) is 5.83. The van der Waals surface area contributed by atoms with Gasteiger partial charge in [-0.25, -0.2) is 0 Å². The van der Waals surface area contributed by atoms with E-state index in [1.54, 1.807) is 0 Å². The van der Waals surface area contributed by atoms with Crippen LogP contribution in [0, 0.1) is 5.92 Å². The van der Waals surface area contributed by atoms with Crippen molar-refractivity contribution in [2.75, 3.05) is 19.8 Å². The Bertz CT molecular complexity index is 110. The largest absolute Gasteiger partial charge is 0.380 e. The number of rotatable bonds is 5. The summed E-state index contributed by atoms with van der Waals surface area (Å²) in [4.78, 5) is 0. The number of nitrogens with one attached hydrogen (secondary N) is 1. The smallest absolute Gasteiger partial charge is 0.0620 e. The fourth-order valence-corrected chi connectivity index (χ4v) is 1.66. The molecule has 1 aliphatic rings. The molecule has 2 unspecified atom stereocenters. The summed E-state index contributed by atoms with van der Waals surface area (Å²) in [5.74, 6) is 0.815. The maximum atomic E-state index is 5.29. The average molecular weight is 171 g/mol. The minimum atomic E-state index is 0.629. The number of hydrogen-bond donors (Lipinski definition) is 1. The van der Waals surface area contributed by atoms with Crippen molar-refractivity contribution < 1.29 is 4.74 Å². The highest BCUT2D eigenvalue weighted by Gasteiger charge is 2.14. The summed E-state index contributed by atoms with van der Waals surface area (Å²) in [5.41, 5.74) is 0. The van der Waals surface area contributed by atoms with E-state index in [1.807, 2.05) is 0 Å². The summed E-state index contributed by atoms with van der Waals surface area (Å²) >= 11 is 0. The van der Waals surface area contributed by atoms with Gasteiger partial charge in [-0.15, -0.1) is 0 Å². The van der Waals surface area contributed by atoms with Crippen LogP contribution in [-0.4, -0.2) is 25.8 Å². The van der Waals surface area contributed by atoms with Crippen LogP contribution in [0.15, 0.2) is 0 Å². The molecule has 1 heterocycles. The van der Waals surface area contributed by atoms with Gasteiger partial charge in [0.25, 0.3) is 0 Å². The van der Waals surface area contributed by atoms with E-state index in [4.69, 9.17) is 4.74 Å². The molecule has 2 heteroatoms. The monoisotopic (exact) mass is 171 g/mol. The first-order valence-corrected chi connectivity index (χ1v) is 5.14. The van der Waals surface area contributed by atoms with Crippen molar-refractivity contribution >= 4 is 0 Å². The van der Waals surface area contributed by atoms with E-state index in [0.29, 0.717) is 6.04 Å². The van der Waals surface area contributed by atoms with E-state index in [-0.39, 0.29) is 0 Å². The lowest BCUT2D eigenvalue weighted by molar-refractivity contribution is 0.189. The molecule has 2 atom stereocenters. The lowest BCUT2D eigenvalue weighted by Gasteiger charge is -2.14. The van der Waals surface area contributed by atoms with Crippen molar-refractivity contribution in [2.24, 2.45) is 5.92 Å². The normalized spacial score (nSPS) is 26.0. The van der Waals surface area contributed by atoms with Crippen LogP contribution < -0.4 is 5.32 Å². The van der Waals surface area contributed by atoms with Gasteiger partial charge >= 0.3 is 0 Å². The Morgan fingerprint density at radius 2 is 2.42 bits per heavy atom. The number of ether oxygens (including phenoxy) is 1. The molecule has 1 N–H and O–H groups in total. The fourth-order valence-electron chi connectivity index (χ4n) is 1.66. The van der Waals surface area contributed by atoms with Gasteiger partial charge in [0.1, 0.15) is 0 Å². The Kier molecular flexibility index (Phi) is 4.62. The zero-order valence-corrected chi connectivity index (χ0v) is 8.31. The van der Waals surface area contributed by atoms with Crippen LogP contribution >= 0.6 is 0 Å². The summed E-state index contributed by atoms with van der Waals surface area (Å²) in [5, 5.41) is 3.54. The summed E-state index contributed by atoms with van der Waals surface area (Å²) < 4.78 is 5.29. The van der Waals surface area contributed by atoms with Gasteiger partial charge in [0.05, 0.1) is 6.61 Å². The number of hydrogen-bond acceptors (Lipinski definition) is 2. The Morgan fingerprint density at radius 1 is 1.58 bits per heavy atom. The van der Waals surface area contributed by atoms with Gasteiger partial charge in [0, 0.05) is 12.6 Å². The predicted molar refractivity (Wildman–Crippen MR) is 51.3 cm³/mol. The van der Waals surface area contributed by atoms with Crippen LogP contribution in [0.4, 0.5) is 0 Å². The van der Waals surface area contributed by atoms with E-state index >= 15 is 0 Å². The molecule has 0 aromatic carbocycles. The average Bonchev–Trinajstić information content (AvgIpc) is 2.53. The van der Waals surface area contributed by atoms with Gasteiger partial charge in [-0.1, -0.05) is 20.3 Å². The zero-order chi connectivity index (χ0) is 8.81. The predicted octanol–water partition coefficient (Wildman–Crippen LogP) is 1.80. The van der Waals surface area contributed by atoms with E-state index in [2.05, 4.69) is 19.2 Å². The van der Waals surface area contributed by atoms with Crippen molar-refractivity contribution in [3.05, 3.63) is 0 Å². The van der Waals surface area contributed by atoms with Crippen LogP contribution in [0.5, 0.6) is 0 Å². The second-order valence-corrected chi connectivity index (χ2v) is 3.86. The maximum absolute atomic E-state index is 5.29. The van der Waals surface area contributed by atoms with Crippen LogP contribution in [0.2, 0.25) is 0 Å². The van der Waals surface area contributed by atoms with E-state index < -0.39 is 0 Å². The molecule has 0 bridgehead atoms. The molecule has 12 heavy (non-hydrogen) atoms. The molecule has 0 spiro atoms. The molecule has 1 aliphatic heterocycles. The maximum Gasteiger partial charge on any atom is 0.0620 e. The molecule has 0 saturated carbocycles. The lowest BCUT2D eigenvalue weighted by Crippen LogP contribution is -2.32.